The van der Waals surface area contributed by atoms with Crippen LogP contribution in [-0.2, 0) is 11.2 Å². The van der Waals surface area contributed by atoms with E-state index in [9.17, 15) is 9.90 Å². The Morgan fingerprint density at radius 3 is 2.54 bits per heavy atom. The highest BCUT2D eigenvalue weighted by Gasteiger charge is 2.28. The fourth-order valence-electron chi connectivity index (χ4n) is 4.66. The summed E-state index contributed by atoms with van der Waals surface area (Å²) in [6.07, 6.45) is 2.60. The number of piperazine rings is 1. The lowest BCUT2D eigenvalue weighted by atomic mass is 10.0. The smallest absolute Gasteiger partial charge is 0.270 e. The van der Waals surface area contributed by atoms with Crippen molar-refractivity contribution in [2.75, 3.05) is 51.7 Å². The average Bonchev–Trinajstić information content (AvgIpc) is 3.43. The summed E-state index contributed by atoms with van der Waals surface area (Å²) in [6.45, 7) is 9.64. The van der Waals surface area contributed by atoms with Gasteiger partial charge >= 0.3 is 0 Å². The summed E-state index contributed by atoms with van der Waals surface area (Å²) < 4.78 is 10.8. The molecule has 2 aromatic carbocycles. The van der Waals surface area contributed by atoms with Gasteiger partial charge in [0, 0.05) is 56.6 Å². The molecular formula is C28H37N5O4. The van der Waals surface area contributed by atoms with Crippen LogP contribution in [0.4, 0.5) is 5.69 Å². The van der Waals surface area contributed by atoms with Crippen LogP contribution in [0.3, 0.4) is 0 Å². The first kappa shape index (κ1) is 26.7. The topological polar surface area (TPSA) is 103 Å². The van der Waals surface area contributed by atoms with E-state index in [2.05, 4.69) is 49.7 Å². The molecule has 37 heavy (non-hydrogen) atoms. The predicted molar refractivity (Wildman–Crippen MR) is 143 cm³/mol. The molecule has 1 aliphatic heterocycles. The number of ether oxygens (including phenoxy) is 1. The zero-order valence-corrected chi connectivity index (χ0v) is 21.8. The number of amides is 1. The third kappa shape index (κ3) is 7.55. The standard InChI is InChI=1S/C28H37N5O4/c1-28(2,19-33-15-13-32(14-16-33)12-11-21-7-5-4-6-8-21)31-27(35)26(34)30-22-9-10-23(24(17-22)36-3)25-18-29-20-37-25/h4-10,17-18,20,26,30,34H,11-16,19H2,1-3H3,(H,31,35). The van der Waals surface area contributed by atoms with Gasteiger partial charge in [0.25, 0.3) is 5.91 Å². The van der Waals surface area contributed by atoms with E-state index in [4.69, 9.17) is 9.15 Å². The molecule has 0 aliphatic carbocycles. The van der Waals surface area contributed by atoms with Gasteiger partial charge in [-0.1, -0.05) is 30.3 Å². The van der Waals surface area contributed by atoms with Gasteiger partial charge < -0.3 is 29.8 Å². The molecule has 0 saturated carbocycles. The second kappa shape index (κ2) is 12.2. The molecular weight excluding hydrogens is 470 g/mol. The molecule has 1 unspecified atom stereocenters. The molecule has 3 aromatic rings. The minimum absolute atomic E-state index is 0.482. The number of oxazole rings is 1. The van der Waals surface area contributed by atoms with E-state index in [1.165, 1.54) is 12.0 Å². The van der Waals surface area contributed by atoms with Crippen LogP contribution in [0, 0.1) is 0 Å². The number of nitrogens with one attached hydrogen (secondary N) is 2. The number of nitrogens with zero attached hydrogens (tertiary/aromatic N) is 3. The van der Waals surface area contributed by atoms with Gasteiger partial charge in [-0.2, -0.15) is 0 Å². The molecule has 0 spiro atoms. The minimum atomic E-state index is -1.41. The van der Waals surface area contributed by atoms with Crippen molar-refractivity contribution in [3.63, 3.8) is 0 Å². The van der Waals surface area contributed by atoms with Crippen molar-refractivity contribution in [2.45, 2.75) is 32.0 Å². The van der Waals surface area contributed by atoms with Crippen LogP contribution in [-0.4, -0.2) is 83.9 Å². The third-order valence-electron chi connectivity index (χ3n) is 6.56. The normalized spacial score (nSPS) is 15.8. The van der Waals surface area contributed by atoms with Crippen LogP contribution in [0.15, 0.2) is 65.5 Å². The number of aliphatic hydroxyl groups excluding tert-OH is 1. The van der Waals surface area contributed by atoms with Crippen LogP contribution in [0.5, 0.6) is 5.75 Å². The number of carbonyl (C=O) groups excluding carboxylic acids is 1. The molecule has 2 heterocycles. The Balaban J connectivity index is 1.23. The van der Waals surface area contributed by atoms with Gasteiger partial charge in [-0.25, -0.2) is 4.98 Å². The second-order valence-corrected chi connectivity index (χ2v) is 10.1. The number of anilines is 1. The second-order valence-electron chi connectivity index (χ2n) is 10.1. The van der Waals surface area contributed by atoms with E-state index in [-0.39, 0.29) is 0 Å². The molecule has 1 aromatic heterocycles. The van der Waals surface area contributed by atoms with E-state index in [1.807, 2.05) is 19.9 Å². The Labute approximate surface area is 218 Å². The summed E-state index contributed by atoms with van der Waals surface area (Å²) in [7, 11) is 1.55. The molecule has 1 atom stereocenters. The number of rotatable bonds is 11. The lowest BCUT2D eigenvalue weighted by Gasteiger charge is -2.39. The number of benzene rings is 2. The van der Waals surface area contributed by atoms with Gasteiger partial charge in [0.1, 0.15) is 5.75 Å². The fourth-order valence-corrected chi connectivity index (χ4v) is 4.66. The fraction of sp³-hybridized carbons (Fsp3) is 0.429. The van der Waals surface area contributed by atoms with Crippen molar-refractivity contribution < 1.29 is 19.1 Å². The summed E-state index contributed by atoms with van der Waals surface area (Å²) in [4.78, 5) is 21.6. The van der Waals surface area contributed by atoms with Crippen LogP contribution < -0.4 is 15.4 Å². The van der Waals surface area contributed by atoms with Crippen molar-refractivity contribution in [3.8, 4) is 17.1 Å². The van der Waals surface area contributed by atoms with Gasteiger partial charge in [-0.15, -0.1) is 0 Å². The van der Waals surface area contributed by atoms with Crippen LogP contribution in [0.2, 0.25) is 0 Å². The Morgan fingerprint density at radius 1 is 1.14 bits per heavy atom. The predicted octanol–water partition coefficient (Wildman–Crippen LogP) is 2.84. The summed E-state index contributed by atoms with van der Waals surface area (Å²) in [5.41, 5.74) is 2.14. The molecule has 1 amide bonds. The highest BCUT2D eigenvalue weighted by atomic mass is 16.5. The molecule has 1 saturated heterocycles. The number of hydrogen-bond donors (Lipinski definition) is 3. The maximum absolute atomic E-state index is 12.8. The van der Waals surface area contributed by atoms with Gasteiger partial charge in [0.15, 0.2) is 12.2 Å². The number of methoxy groups -OCH3 is 1. The summed E-state index contributed by atoms with van der Waals surface area (Å²) in [5, 5.41) is 16.4. The van der Waals surface area contributed by atoms with E-state index in [0.29, 0.717) is 23.7 Å². The highest BCUT2D eigenvalue weighted by molar-refractivity contribution is 5.84. The molecule has 198 valence electrons. The molecule has 1 aliphatic rings. The van der Waals surface area contributed by atoms with Gasteiger partial charge in [0.2, 0.25) is 6.23 Å². The van der Waals surface area contributed by atoms with Crippen molar-refractivity contribution in [1.29, 1.82) is 0 Å². The zero-order chi connectivity index (χ0) is 26.3. The quantitative estimate of drug-likeness (QED) is 0.341. The van der Waals surface area contributed by atoms with Crippen LogP contribution >= 0.6 is 0 Å². The molecule has 1 fully saturated rings. The van der Waals surface area contributed by atoms with E-state index in [1.54, 1.807) is 31.5 Å². The molecule has 0 bridgehead atoms. The van der Waals surface area contributed by atoms with E-state index < -0.39 is 17.7 Å². The largest absolute Gasteiger partial charge is 0.496 e. The van der Waals surface area contributed by atoms with Gasteiger partial charge in [-0.05, 0) is 38.0 Å². The number of aliphatic hydroxyl groups is 1. The number of aromatic nitrogens is 1. The molecule has 9 heteroatoms. The summed E-state index contributed by atoms with van der Waals surface area (Å²) >= 11 is 0. The minimum Gasteiger partial charge on any atom is -0.496 e. The molecule has 3 N–H and O–H groups in total. The van der Waals surface area contributed by atoms with Crippen molar-refractivity contribution in [1.82, 2.24) is 20.1 Å². The third-order valence-corrected chi connectivity index (χ3v) is 6.56. The van der Waals surface area contributed by atoms with Gasteiger partial charge in [-0.3, -0.25) is 9.69 Å². The average molecular weight is 508 g/mol. The lowest BCUT2D eigenvalue weighted by molar-refractivity contribution is -0.129. The summed E-state index contributed by atoms with van der Waals surface area (Å²) in [5.74, 6) is 0.628. The molecule has 9 nitrogen and oxygen atoms in total. The van der Waals surface area contributed by atoms with Crippen LogP contribution in [0.25, 0.3) is 11.3 Å². The Hall–Kier alpha value is -3.40. The Kier molecular flexibility index (Phi) is 8.81. The first-order valence-electron chi connectivity index (χ1n) is 12.7. The van der Waals surface area contributed by atoms with Crippen molar-refractivity contribution in [3.05, 3.63) is 66.7 Å². The van der Waals surface area contributed by atoms with Crippen molar-refractivity contribution in [2.24, 2.45) is 0 Å². The van der Waals surface area contributed by atoms with Crippen molar-refractivity contribution >= 4 is 11.6 Å². The SMILES string of the molecule is COc1cc(NC(O)C(=O)NC(C)(C)CN2CCN(CCc3ccccc3)CC2)ccc1-c1cnco1. The zero-order valence-electron chi connectivity index (χ0n) is 21.8. The Morgan fingerprint density at radius 2 is 1.86 bits per heavy atom. The molecule has 4 rings (SSSR count). The Bertz CT molecular complexity index is 1130. The lowest BCUT2D eigenvalue weighted by Crippen LogP contribution is -2.58. The number of carbonyl (C=O) groups is 1. The van der Waals surface area contributed by atoms with E-state index in [0.717, 1.165) is 44.7 Å². The summed E-state index contributed by atoms with van der Waals surface area (Å²) in [6, 6.07) is 15.8. The van der Waals surface area contributed by atoms with Gasteiger partial charge in [0.05, 0.1) is 18.9 Å². The molecule has 0 radical (unpaired) electrons. The maximum Gasteiger partial charge on any atom is 0.270 e. The highest BCUT2D eigenvalue weighted by Crippen LogP contribution is 2.32. The van der Waals surface area contributed by atoms with Crippen LogP contribution in [0.1, 0.15) is 19.4 Å². The first-order chi connectivity index (χ1) is 17.8. The number of hydrogen-bond acceptors (Lipinski definition) is 8. The monoisotopic (exact) mass is 507 g/mol. The first-order valence-corrected chi connectivity index (χ1v) is 12.7. The van der Waals surface area contributed by atoms with E-state index >= 15 is 0 Å². The maximum atomic E-state index is 12.8.